The second-order valence-electron chi connectivity index (χ2n) is 7.10. The fraction of sp³-hybridized carbons (Fsp3) is 0.125. The minimum absolute atomic E-state index is 0.283. The number of hydrogen-bond donors (Lipinski definition) is 1. The Morgan fingerprint density at radius 2 is 1.66 bits per heavy atom. The first-order valence-corrected chi connectivity index (χ1v) is 11.4. The average Bonchev–Trinajstić information content (AvgIpc) is 3.28. The molecule has 0 spiro atoms. The summed E-state index contributed by atoms with van der Waals surface area (Å²) >= 11 is 0. The van der Waals surface area contributed by atoms with Crippen molar-refractivity contribution in [2.24, 2.45) is 5.11 Å². The molecular formula is C24H20FN5OS. The first kappa shape index (κ1) is 21.5. The van der Waals surface area contributed by atoms with Crippen molar-refractivity contribution in [2.75, 3.05) is 12.3 Å². The van der Waals surface area contributed by atoms with Crippen LogP contribution in [0.2, 0.25) is 0 Å². The van der Waals surface area contributed by atoms with E-state index in [1.807, 2.05) is 36.4 Å². The van der Waals surface area contributed by atoms with Crippen molar-refractivity contribution in [3.63, 3.8) is 0 Å². The summed E-state index contributed by atoms with van der Waals surface area (Å²) in [6.07, 6.45) is 4.05. The third kappa shape index (κ3) is 4.94. The minimum atomic E-state index is -1.15. The number of nitrogens with zero attached hydrogens (tertiary/aromatic N) is 4. The Bertz CT molecular complexity index is 1260. The van der Waals surface area contributed by atoms with Crippen molar-refractivity contribution in [1.82, 2.24) is 9.97 Å². The Hall–Kier alpha value is -3.74. The molecule has 2 aromatic heterocycles. The van der Waals surface area contributed by atoms with E-state index >= 15 is 0 Å². The lowest BCUT2D eigenvalue weighted by Gasteiger charge is -2.05. The second-order valence-corrected chi connectivity index (χ2v) is 8.67. The van der Waals surface area contributed by atoms with Crippen LogP contribution in [0.25, 0.3) is 44.1 Å². The van der Waals surface area contributed by atoms with E-state index in [2.05, 4.69) is 26.1 Å². The van der Waals surface area contributed by atoms with Gasteiger partial charge in [0.2, 0.25) is 0 Å². The Morgan fingerprint density at radius 3 is 2.34 bits per heavy atom. The van der Waals surface area contributed by atoms with Crippen molar-refractivity contribution in [3.8, 4) is 33.6 Å². The summed E-state index contributed by atoms with van der Waals surface area (Å²) in [5.41, 5.74) is 13.9. The highest BCUT2D eigenvalue weighted by molar-refractivity contribution is 7.85. The van der Waals surface area contributed by atoms with Crippen molar-refractivity contribution < 1.29 is 8.60 Å². The molecule has 0 aliphatic rings. The minimum Gasteiger partial charge on any atom is -0.354 e. The van der Waals surface area contributed by atoms with Gasteiger partial charge in [-0.1, -0.05) is 17.2 Å². The molecule has 0 saturated carbocycles. The molecule has 0 fully saturated rings. The summed E-state index contributed by atoms with van der Waals surface area (Å²) in [4.78, 5) is 11.0. The van der Waals surface area contributed by atoms with E-state index in [4.69, 9.17) is 5.53 Å². The Morgan fingerprint density at radius 1 is 0.969 bits per heavy atom. The van der Waals surface area contributed by atoms with Crippen molar-refractivity contribution in [3.05, 3.63) is 95.4 Å². The average molecular weight is 446 g/mol. The third-order valence-electron chi connectivity index (χ3n) is 5.02. The normalized spacial score (nSPS) is 11.7. The van der Waals surface area contributed by atoms with Gasteiger partial charge in [-0.3, -0.25) is 9.19 Å². The van der Waals surface area contributed by atoms with Gasteiger partial charge in [-0.05, 0) is 83.2 Å². The molecule has 32 heavy (non-hydrogen) atoms. The number of halogens is 1. The molecule has 160 valence electrons. The molecule has 0 bridgehead atoms. The Labute approximate surface area is 187 Å². The second kappa shape index (κ2) is 10.0. The molecular weight excluding hydrogens is 425 g/mol. The number of aromatic amines is 1. The summed E-state index contributed by atoms with van der Waals surface area (Å²) in [6, 6.07) is 19.9. The predicted molar refractivity (Wildman–Crippen MR) is 125 cm³/mol. The van der Waals surface area contributed by atoms with Crippen LogP contribution < -0.4 is 0 Å². The fourth-order valence-electron chi connectivity index (χ4n) is 3.43. The van der Waals surface area contributed by atoms with E-state index in [1.54, 1.807) is 24.5 Å². The van der Waals surface area contributed by atoms with Gasteiger partial charge in [-0.25, -0.2) is 4.39 Å². The lowest BCUT2D eigenvalue weighted by atomic mass is 10.0. The number of H-pyrrole nitrogens is 1. The number of benzene rings is 2. The molecule has 0 radical (unpaired) electrons. The fourth-order valence-corrected chi connectivity index (χ4v) is 4.50. The van der Waals surface area contributed by atoms with E-state index in [-0.39, 0.29) is 5.82 Å². The first-order valence-electron chi connectivity index (χ1n) is 10.0. The van der Waals surface area contributed by atoms with Crippen LogP contribution in [0, 0.1) is 5.82 Å². The van der Waals surface area contributed by atoms with Crippen LogP contribution in [0.1, 0.15) is 6.42 Å². The van der Waals surface area contributed by atoms with Crippen LogP contribution in [-0.4, -0.2) is 26.5 Å². The molecule has 0 aliphatic carbocycles. The lowest BCUT2D eigenvalue weighted by molar-refractivity contribution is 0.628. The quantitative estimate of drug-likeness (QED) is 0.148. The molecule has 4 rings (SSSR count). The summed E-state index contributed by atoms with van der Waals surface area (Å²) in [5, 5.41) is 3.47. The number of nitrogens with one attached hydrogen (secondary N) is 1. The van der Waals surface area contributed by atoms with Gasteiger partial charge in [0.15, 0.2) is 0 Å². The maximum absolute atomic E-state index is 13.5. The molecule has 1 N–H and O–H groups in total. The van der Waals surface area contributed by atoms with Crippen LogP contribution in [-0.2, 0) is 10.8 Å². The molecule has 1 atom stereocenters. The van der Waals surface area contributed by atoms with Gasteiger partial charge < -0.3 is 4.98 Å². The largest absolute Gasteiger partial charge is 0.354 e. The zero-order valence-electron chi connectivity index (χ0n) is 17.1. The van der Waals surface area contributed by atoms with Crippen LogP contribution >= 0.6 is 0 Å². The molecule has 6 nitrogen and oxygen atoms in total. The summed E-state index contributed by atoms with van der Waals surface area (Å²) in [6.45, 7) is 0.340. The van der Waals surface area contributed by atoms with E-state index in [0.29, 0.717) is 18.7 Å². The monoisotopic (exact) mass is 445 g/mol. The van der Waals surface area contributed by atoms with Gasteiger partial charge in [0.25, 0.3) is 0 Å². The first-order chi connectivity index (χ1) is 15.7. The Kier molecular flexibility index (Phi) is 6.75. The summed E-state index contributed by atoms with van der Waals surface area (Å²) in [5.74, 6) is 0.163. The van der Waals surface area contributed by atoms with Gasteiger partial charge in [0.1, 0.15) is 5.82 Å². The number of rotatable bonds is 8. The van der Waals surface area contributed by atoms with E-state index in [0.717, 1.165) is 38.5 Å². The summed E-state index contributed by atoms with van der Waals surface area (Å²) < 4.78 is 25.9. The lowest BCUT2D eigenvalue weighted by Crippen LogP contribution is -1.99. The third-order valence-corrected chi connectivity index (χ3v) is 6.48. The maximum atomic E-state index is 13.5. The van der Waals surface area contributed by atoms with Crippen LogP contribution in [0.4, 0.5) is 4.39 Å². The summed E-state index contributed by atoms with van der Waals surface area (Å²) in [7, 11) is -1.15. The predicted octanol–water partition coefficient (Wildman–Crippen LogP) is 6.36. The van der Waals surface area contributed by atoms with Crippen LogP contribution in [0.3, 0.4) is 0 Å². The molecule has 8 heteroatoms. The standard InChI is InChI=1S/C24H20FN5OS/c25-20-6-2-19(3-7-20)24-22(17-10-13-27-14-11-17)16-23(29-24)18-4-8-21(9-5-18)32(31)15-1-12-28-30-26/h2-11,13-14,16,29H,1,12,15H2. The van der Waals surface area contributed by atoms with E-state index in [9.17, 15) is 8.60 Å². The molecule has 0 aliphatic heterocycles. The van der Waals surface area contributed by atoms with E-state index < -0.39 is 10.8 Å². The van der Waals surface area contributed by atoms with Gasteiger partial charge in [-0.2, -0.15) is 0 Å². The maximum Gasteiger partial charge on any atom is 0.123 e. The van der Waals surface area contributed by atoms with E-state index in [1.165, 1.54) is 12.1 Å². The number of hydrogen-bond acceptors (Lipinski definition) is 3. The van der Waals surface area contributed by atoms with Crippen LogP contribution in [0.5, 0.6) is 0 Å². The van der Waals surface area contributed by atoms with Crippen molar-refractivity contribution in [1.29, 1.82) is 0 Å². The topological polar surface area (TPSA) is 94.5 Å². The highest BCUT2D eigenvalue weighted by Gasteiger charge is 2.14. The number of pyridine rings is 1. The van der Waals surface area contributed by atoms with Crippen LogP contribution in [0.15, 0.2) is 89.1 Å². The zero-order valence-corrected chi connectivity index (χ0v) is 17.9. The highest BCUT2D eigenvalue weighted by atomic mass is 32.2. The molecule has 4 aromatic rings. The molecule has 1 unspecified atom stereocenters. The van der Waals surface area contributed by atoms with Crippen molar-refractivity contribution >= 4 is 10.8 Å². The molecule has 0 saturated heterocycles. The van der Waals surface area contributed by atoms with Gasteiger partial charge in [0, 0.05) is 45.8 Å². The number of azide groups is 1. The SMILES string of the molecule is [N-]=[N+]=NCCCS(=O)c1ccc(-c2cc(-c3ccncc3)c(-c3ccc(F)cc3)[nH]2)cc1. The molecule has 0 amide bonds. The smallest absolute Gasteiger partial charge is 0.123 e. The molecule has 2 heterocycles. The van der Waals surface area contributed by atoms with Gasteiger partial charge in [-0.15, -0.1) is 0 Å². The Balaban J connectivity index is 1.64. The zero-order chi connectivity index (χ0) is 22.3. The molecule has 2 aromatic carbocycles. The highest BCUT2D eigenvalue weighted by Crippen LogP contribution is 2.36. The number of aromatic nitrogens is 2. The van der Waals surface area contributed by atoms with Gasteiger partial charge in [0.05, 0.1) is 16.5 Å². The van der Waals surface area contributed by atoms with Crippen molar-refractivity contribution in [2.45, 2.75) is 11.3 Å². The van der Waals surface area contributed by atoms with Gasteiger partial charge >= 0.3 is 0 Å².